The fraction of sp³-hybridized carbons (Fsp3) is 0.429. The fourth-order valence-electron chi connectivity index (χ4n) is 4.85. The number of fused-ring (bicyclic) bond motifs is 1. The van der Waals surface area contributed by atoms with E-state index in [0.29, 0.717) is 11.3 Å². The van der Waals surface area contributed by atoms with Gasteiger partial charge in [-0.1, -0.05) is 24.8 Å². The van der Waals surface area contributed by atoms with Crippen LogP contribution in [0.4, 0.5) is 18.9 Å². The quantitative estimate of drug-likeness (QED) is 0.434. The third-order valence-electron chi connectivity index (χ3n) is 6.98. The van der Waals surface area contributed by atoms with Gasteiger partial charge in [-0.15, -0.1) is 0 Å². The van der Waals surface area contributed by atoms with Gasteiger partial charge in [0.15, 0.2) is 9.84 Å². The number of piperidine rings is 1. The van der Waals surface area contributed by atoms with Gasteiger partial charge in [-0.05, 0) is 62.7 Å². The van der Waals surface area contributed by atoms with Crippen molar-refractivity contribution in [1.82, 2.24) is 19.8 Å². The number of rotatable bonds is 6. The Hall–Kier alpha value is -3.56. The zero-order valence-electron chi connectivity index (χ0n) is 22.8. The highest BCUT2D eigenvalue weighted by Crippen LogP contribution is 2.26. The van der Waals surface area contributed by atoms with Crippen LogP contribution in [-0.4, -0.2) is 73.9 Å². The molecule has 8 nitrogen and oxygen atoms in total. The Kier molecular flexibility index (Phi) is 8.46. The zero-order valence-corrected chi connectivity index (χ0v) is 23.6. The molecule has 2 atom stereocenters. The summed E-state index contributed by atoms with van der Waals surface area (Å²) in [5, 5.41) is 6.13. The Labute approximate surface area is 231 Å². The van der Waals surface area contributed by atoms with Gasteiger partial charge >= 0.3 is 6.18 Å². The molecule has 1 amide bonds. The van der Waals surface area contributed by atoms with Crippen molar-refractivity contribution in [1.29, 1.82) is 0 Å². The Morgan fingerprint density at radius 1 is 1.23 bits per heavy atom. The maximum Gasteiger partial charge on any atom is 0.406 e. The number of nitrogens with one attached hydrogen (secondary N) is 2. The summed E-state index contributed by atoms with van der Waals surface area (Å²) >= 11 is 0. The van der Waals surface area contributed by atoms with E-state index in [1.54, 1.807) is 12.1 Å². The molecule has 1 saturated heterocycles. The van der Waals surface area contributed by atoms with Gasteiger partial charge in [0.1, 0.15) is 12.1 Å². The number of anilines is 1. The summed E-state index contributed by atoms with van der Waals surface area (Å²) in [6.07, 6.45) is -1.49. The molecule has 0 bridgehead atoms. The first kappa shape index (κ1) is 29.4. The van der Waals surface area contributed by atoms with E-state index in [1.165, 1.54) is 18.2 Å². The lowest BCUT2D eigenvalue weighted by atomic mass is 9.93. The second-order valence-electron chi connectivity index (χ2n) is 10.4. The summed E-state index contributed by atoms with van der Waals surface area (Å²) in [5.74, 6) is 5.65. The van der Waals surface area contributed by atoms with Crippen molar-refractivity contribution in [2.75, 3.05) is 38.3 Å². The van der Waals surface area contributed by atoms with Gasteiger partial charge in [0.2, 0.25) is 0 Å². The van der Waals surface area contributed by atoms with Gasteiger partial charge in [0, 0.05) is 30.1 Å². The number of carbonyl (C=O) groups excluding carboxylic acids is 1. The number of likely N-dealkylation sites (tertiary alicyclic amines) is 1. The molecule has 12 heteroatoms. The second-order valence-corrected chi connectivity index (χ2v) is 12.4. The Bertz CT molecular complexity index is 1590. The average Bonchev–Trinajstić information content (AvgIpc) is 3.24. The number of hydrogen-bond acceptors (Lipinski definition) is 6. The number of imidazole rings is 1. The van der Waals surface area contributed by atoms with Crippen LogP contribution in [0.2, 0.25) is 0 Å². The maximum atomic E-state index is 13.4. The normalized spacial score (nSPS) is 18.3. The van der Waals surface area contributed by atoms with Gasteiger partial charge in [-0.2, -0.15) is 13.2 Å². The SMILES string of the molecule is Cc1ccc(S(C)(=O)=O)cc1NCC#Cc1cc(C(=O)N[C@H]2CCN(C)C[C@@H]2C)c2ncn(CC(F)(F)F)c2c1. The van der Waals surface area contributed by atoms with Gasteiger partial charge < -0.3 is 20.1 Å². The zero-order chi connectivity index (χ0) is 29.2. The van der Waals surface area contributed by atoms with Crippen LogP contribution in [0.1, 0.15) is 34.8 Å². The van der Waals surface area contributed by atoms with Crippen molar-refractivity contribution in [3.63, 3.8) is 0 Å². The van der Waals surface area contributed by atoms with E-state index in [9.17, 15) is 26.4 Å². The molecule has 3 aromatic rings. The number of amides is 1. The van der Waals surface area contributed by atoms with Crippen LogP contribution in [0.5, 0.6) is 0 Å². The van der Waals surface area contributed by atoms with Crippen LogP contribution in [0.3, 0.4) is 0 Å². The molecule has 2 aromatic carbocycles. The van der Waals surface area contributed by atoms with E-state index < -0.39 is 28.5 Å². The van der Waals surface area contributed by atoms with Gasteiger partial charge in [-0.25, -0.2) is 13.4 Å². The minimum absolute atomic E-state index is 0.0686. The molecule has 1 aliphatic rings. The van der Waals surface area contributed by atoms with Gasteiger partial charge in [0.05, 0.1) is 28.8 Å². The maximum absolute atomic E-state index is 13.4. The van der Waals surface area contributed by atoms with Crippen molar-refractivity contribution in [2.45, 2.75) is 43.9 Å². The number of benzene rings is 2. The first-order valence-electron chi connectivity index (χ1n) is 12.8. The van der Waals surface area contributed by atoms with Crippen LogP contribution < -0.4 is 10.6 Å². The molecular weight excluding hydrogens is 543 g/mol. The van der Waals surface area contributed by atoms with Crippen molar-refractivity contribution < 1.29 is 26.4 Å². The lowest BCUT2D eigenvalue weighted by Gasteiger charge is -2.35. The molecule has 0 aliphatic carbocycles. The third kappa shape index (κ3) is 7.14. The number of aromatic nitrogens is 2. The van der Waals surface area contributed by atoms with Crippen molar-refractivity contribution in [2.24, 2.45) is 5.92 Å². The number of hydrogen-bond donors (Lipinski definition) is 2. The highest BCUT2D eigenvalue weighted by molar-refractivity contribution is 7.90. The molecule has 0 saturated carbocycles. The minimum Gasteiger partial charge on any atom is -0.374 e. The summed E-state index contributed by atoms with van der Waals surface area (Å²) in [6, 6.07) is 7.72. The van der Waals surface area contributed by atoms with Gasteiger partial charge in [0.25, 0.3) is 5.91 Å². The molecular formula is C28H32F3N5O3S. The predicted molar refractivity (Wildman–Crippen MR) is 148 cm³/mol. The Balaban J connectivity index is 1.62. The smallest absolute Gasteiger partial charge is 0.374 e. The molecule has 4 rings (SSSR count). The lowest BCUT2D eigenvalue weighted by Crippen LogP contribution is -2.48. The lowest BCUT2D eigenvalue weighted by molar-refractivity contribution is -0.139. The van der Waals surface area contributed by atoms with Crippen molar-refractivity contribution in [3.05, 3.63) is 53.3 Å². The largest absolute Gasteiger partial charge is 0.406 e. The third-order valence-corrected chi connectivity index (χ3v) is 8.09. The first-order chi connectivity index (χ1) is 18.7. The molecule has 214 valence electrons. The van der Waals surface area contributed by atoms with Crippen LogP contribution in [0.25, 0.3) is 11.0 Å². The predicted octanol–water partition coefficient (Wildman–Crippen LogP) is 3.84. The summed E-state index contributed by atoms with van der Waals surface area (Å²) in [6.45, 7) is 4.43. The summed E-state index contributed by atoms with van der Waals surface area (Å²) in [4.78, 5) is 19.9. The number of nitrogens with zero attached hydrogens (tertiary/aromatic N) is 3. The van der Waals surface area contributed by atoms with E-state index in [4.69, 9.17) is 0 Å². The van der Waals surface area contributed by atoms with Gasteiger partial charge in [-0.3, -0.25) is 4.79 Å². The van der Waals surface area contributed by atoms with E-state index in [-0.39, 0.29) is 40.0 Å². The number of carbonyl (C=O) groups is 1. The second kappa shape index (κ2) is 11.5. The van der Waals surface area contributed by atoms with Crippen LogP contribution in [-0.2, 0) is 16.4 Å². The Morgan fingerprint density at radius 3 is 2.65 bits per heavy atom. The standard InChI is InChI=1S/C28H32F3N5O3S/c1-18-7-8-21(40(4,38)39)14-24(18)32-10-5-6-20-12-22(27(37)34-23-9-11-35(3)15-19(23)2)26-25(13-20)36(17-33-26)16-28(29,30)31/h7-8,12-14,17,19,23,32H,9-11,15-16H2,1-4H3,(H,34,37)/t19-,23-/m0/s1. The number of alkyl halides is 3. The molecule has 2 heterocycles. The van der Waals surface area contributed by atoms with Crippen LogP contribution in [0, 0.1) is 24.7 Å². The Morgan fingerprint density at radius 2 is 1.98 bits per heavy atom. The first-order valence-corrected chi connectivity index (χ1v) is 14.7. The molecule has 0 radical (unpaired) electrons. The topological polar surface area (TPSA) is 96.3 Å². The molecule has 1 aromatic heterocycles. The van der Waals surface area contributed by atoms with E-state index in [1.807, 2.05) is 14.0 Å². The molecule has 40 heavy (non-hydrogen) atoms. The van der Waals surface area contributed by atoms with Crippen molar-refractivity contribution in [3.8, 4) is 11.8 Å². The van der Waals surface area contributed by atoms with E-state index in [0.717, 1.165) is 42.2 Å². The highest BCUT2D eigenvalue weighted by Gasteiger charge is 2.30. The molecule has 0 spiro atoms. The number of halogens is 3. The minimum atomic E-state index is -4.47. The molecule has 1 fully saturated rings. The highest BCUT2D eigenvalue weighted by atomic mass is 32.2. The monoisotopic (exact) mass is 575 g/mol. The van der Waals surface area contributed by atoms with Crippen molar-refractivity contribution >= 4 is 32.5 Å². The summed E-state index contributed by atoms with van der Waals surface area (Å²) in [7, 11) is -1.36. The molecule has 2 N–H and O–H groups in total. The molecule has 0 unspecified atom stereocenters. The summed E-state index contributed by atoms with van der Waals surface area (Å²) < 4.78 is 64.4. The van der Waals surface area contributed by atoms with Crippen LogP contribution >= 0.6 is 0 Å². The van der Waals surface area contributed by atoms with E-state index in [2.05, 4.69) is 39.3 Å². The number of aryl methyl sites for hydroxylation is 1. The van der Waals surface area contributed by atoms with E-state index >= 15 is 0 Å². The molecule has 1 aliphatic heterocycles. The fourth-order valence-corrected chi connectivity index (χ4v) is 5.50. The summed E-state index contributed by atoms with van der Waals surface area (Å²) in [5.41, 5.74) is 2.30. The number of sulfone groups is 1. The van der Waals surface area contributed by atoms with Crippen LogP contribution in [0.15, 0.2) is 41.6 Å². The average molecular weight is 576 g/mol.